The molecule has 0 unspecified atom stereocenters. The quantitative estimate of drug-likeness (QED) is 0.202. The number of hydrogen-bond acceptors (Lipinski definition) is 6. The van der Waals surface area contributed by atoms with Gasteiger partial charge in [-0.2, -0.15) is 0 Å². The fraction of sp³-hybridized carbons (Fsp3) is 0.143. The van der Waals surface area contributed by atoms with Crippen LogP contribution in [-0.2, 0) is 6.54 Å². The third-order valence-corrected chi connectivity index (χ3v) is 5.29. The molecule has 0 aliphatic heterocycles. The van der Waals surface area contributed by atoms with E-state index in [4.69, 9.17) is 19.6 Å². The lowest BCUT2D eigenvalue weighted by Gasteiger charge is -2.11. The minimum Gasteiger partial charge on any atom is -0.497 e. The molecule has 4 aromatic rings. The van der Waals surface area contributed by atoms with Crippen LogP contribution in [0.15, 0.2) is 64.0 Å². The summed E-state index contributed by atoms with van der Waals surface area (Å²) in [7, 11) is 3.19. The number of nitrogens with two attached hydrogens (primary N) is 1. The van der Waals surface area contributed by atoms with Gasteiger partial charge < -0.3 is 24.9 Å². The van der Waals surface area contributed by atoms with Crippen LogP contribution in [0.4, 0.5) is 5.69 Å². The second kappa shape index (κ2) is 9.81. The van der Waals surface area contributed by atoms with Gasteiger partial charge in [-0.3, -0.25) is 0 Å². The first kappa shape index (κ1) is 21.9. The molecule has 0 fully saturated rings. The van der Waals surface area contributed by atoms with Gasteiger partial charge in [0.15, 0.2) is 16.7 Å². The zero-order valence-electron chi connectivity index (χ0n) is 16.4. The molecule has 0 aliphatic carbocycles. The van der Waals surface area contributed by atoms with E-state index in [0.717, 1.165) is 21.0 Å². The van der Waals surface area contributed by atoms with Gasteiger partial charge in [-0.15, -0.1) is 35.3 Å². The molecule has 156 valence electrons. The van der Waals surface area contributed by atoms with Crippen LogP contribution in [0, 0.1) is 0 Å². The number of aliphatic imine (C=N–C) groups is 1. The van der Waals surface area contributed by atoms with Gasteiger partial charge in [-0.1, -0.05) is 12.1 Å². The molecule has 30 heavy (non-hydrogen) atoms. The number of nitrogens with one attached hydrogen (secondary N) is 1. The van der Waals surface area contributed by atoms with Gasteiger partial charge in [0.1, 0.15) is 23.8 Å². The zero-order chi connectivity index (χ0) is 20.2. The summed E-state index contributed by atoms with van der Waals surface area (Å²) in [4.78, 5) is 8.96. The molecule has 2 heterocycles. The Bertz CT molecular complexity index is 1140. The molecule has 0 spiro atoms. The summed E-state index contributed by atoms with van der Waals surface area (Å²) in [5.41, 5.74) is 7.66. The Balaban J connectivity index is 0.00000256. The van der Waals surface area contributed by atoms with Crippen LogP contribution in [0.3, 0.4) is 0 Å². The predicted octanol–water partition coefficient (Wildman–Crippen LogP) is 5.12. The highest BCUT2D eigenvalue weighted by Crippen LogP contribution is 2.31. The number of furan rings is 1. The summed E-state index contributed by atoms with van der Waals surface area (Å²) in [6.45, 7) is 0.302. The molecule has 0 atom stereocenters. The molecule has 0 saturated carbocycles. The number of fused-ring (bicyclic) bond motifs is 1. The maximum Gasteiger partial charge on any atom is 0.193 e. The number of guanidine groups is 1. The smallest absolute Gasteiger partial charge is 0.193 e. The highest BCUT2D eigenvalue weighted by molar-refractivity contribution is 14.0. The summed E-state index contributed by atoms with van der Waals surface area (Å²) in [6, 6.07) is 17.2. The number of thiazole rings is 1. The van der Waals surface area contributed by atoms with Crippen LogP contribution in [-0.4, -0.2) is 25.2 Å². The van der Waals surface area contributed by atoms with Crippen molar-refractivity contribution >= 4 is 57.2 Å². The standard InChI is InChI=1S/C21H20N4O3S.HI/c1-26-13-7-9-17(27-2)16(11-13)25-21(22)23-12-14-8-10-18(28-14)20-24-15-5-3-4-6-19(15)29-20;/h3-11H,12H2,1-2H3,(H3,22,23,25);1H. The van der Waals surface area contributed by atoms with Crippen LogP contribution in [0.1, 0.15) is 5.76 Å². The van der Waals surface area contributed by atoms with Crippen LogP contribution >= 0.6 is 35.3 Å². The van der Waals surface area contributed by atoms with E-state index in [9.17, 15) is 0 Å². The Morgan fingerprint density at radius 2 is 1.97 bits per heavy atom. The van der Waals surface area contributed by atoms with E-state index in [1.165, 1.54) is 0 Å². The highest BCUT2D eigenvalue weighted by Gasteiger charge is 2.11. The van der Waals surface area contributed by atoms with Crippen molar-refractivity contribution in [1.29, 1.82) is 0 Å². The molecule has 7 nitrogen and oxygen atoms in total. The van der Waals surface area contributed by atoms with E-state index in [-0.39, 0.29) is 29.9 Å². The molecule has 0 aliphatic rings. The fourth-order valence-corrected chi connectivity index (χ4v) is 3.74. The first-order chi connectivity index (χ1) is 14.2. The Hall–Kier alpha value is -2.79. The summed E-state index contributed by atoms with van der Waals surface area (Å²) in [6.07, 6.45) is 0. The van der Waals surface area contributed by atoms with E-state index in [0.29, 0.717) is 29.5 Å². The molecule has 4 rings (SSSR count). The largest absolute Gasteiger partial charge is 0.497 e. The van der Waals surface area contributed by atoms with Gasteiger partial charge in [0.05, 0.1) is 30.1 Å². The van der Waals surface area contributed by atoms with Gasteiger partial charge in [-0.05, 0) is 36.4 Å². The normalized spacial score (nSPS) is 11.2. The van der Waals surface area contributed by atoms with Crippen LogP contribution in [0.5, 0.6) is 11.5 Å². The maximum atomic E-state index is 6.03. The first-order valence-corrected chi connectivity index (χ1v) is 9.71. The van der Waals surface area contributed by atoms with Gasteiger partial charge >= 0.3 is 0 Å². The number of aromatic nitrogens is 1. The minimum absolute atomic E-state index is 0. The van der Waals surface area contributed by atoms with E-state index >= 15 is 0 Å². The van der Waals surface area contributed by atoms with Crippen molar-refractivity contribution < 1.29 is 13.9 Å². The summed E-state index contributed by atoms with van der Waals surface area (Å²) in [5, 5.41) is 3.87. The number of ether oxygens (including phenoxy) is 2. The Labute approximate surface area is 194 Å². The third-order valence-electron chi connectivity index (χ3n) is 4.24. The van der Waals surface area contributed by atoms with E-state index in [1.807, 2.05) is 42.5 Å². The molecule has 0 saturated heterocycles. The number of para-hydroxylation sites is 1. The molecular formula is C21H21IN4O3S. The lowest BCUT2D eigenvalue weighted by atomic mass is 10.2. The highest BCUT2D eigenvalue weighted by atomic mass is 127. The van der Waals surface area contributed by atoms with Crippen LogP contribution < -0.4 is 20.5 Å². The van der Waals surface area contributed by atoms with Crippen LogP contribution in [0.2, 0.25) is 0 Å². The Morgan fingerprint density at radius 3 is 2.73 bits per heavy atom. The molecule has 0 bridgehead atoms. The number of halogens is 1. The van der Waals surface area contributed by atoms with E-state index in [2.05, 4.69) is 15.3 Å². The van der Waals surface area contributed by atoms with E-state index < -0.39 is 0 Å². The van der Waals surface area contributed by atoms with Crippen molar-refractivity contribution in [3.63, 3.8) is 0 Å². The lowest BCUT2D eigenvalue weighted by Crippen LogP contribution is -2.23. The Kier molecular flexibility index (Phi) is 7.16. The molecule has 2 aromatic heterocycles. The number of hydrogen-bond donors (Lipinski definition) is 2. The van der Waals surface area contributed by atoms with Gasteiger partial charge in [0, 0.05) is 6.07 Å². The van der Waals surface area contributed by atoms with Gasteiger partial charge in [0.2, 0.25) is 0 Å². The number of anilines is 1. The number of benzene rings is 2. The zero-order valence-corrected chi connectivity index (χ0v) is 19.6. The minimum atomic E-state index is 0. The topological polar surface area (TPSA) is 94.9 Å². The molecule has 0 radical (unpaired) electrons. The van der Waals surface area contributed by atoms with E-state index in [1.54, 1.807) is 37.7 Å². The number of rotatable bonds is 6. The molecular weight excluding hydrogens is 515 g/mol. The van der Waals surface area contributed by atoms with Crippen molar-refractivity contribution in [3.8, 4) is 22.3 Å². The average molecular weight is 536 g/mol. The van der Waals surface area contributed by atoms with Crippen LogP contribution in [0.25, 0.3) is 21.0 Å². The SMILES string of the molecule is COc1ccc(OC)c(NC(N)=NCc2ccc(-c3nc4ccccc4s3)o2)c1.I. The van der Waals surface area contributed by atoms with Crippen molar-refractivity contribution in [2.45, 2.75) is 6.54 Å². The lowest BCUT2D eigenvalue weighted by molar-refractivity contribution is 0.405. The Morgan fingerprint density at radius 1 is 1.13 bits per heavy atom. The molecule has 2 aromatic carbocycles. The van der Waals surface area contributed by atoms with Gasteiger partial charge in [0.25, 0.3) is 0 Å². The summed E-state index contributed by atoms with van der Waals surface area (Å²) < 4.78 is 17.6. The first-order valence-electron chi connectivity index (χ1n) is 8.90. The summed E-state index contributed by atoms with van der Waals surface area (Å²) >= 11 is 1.59. The predicted molar refractivity (Wildman–Crippen MR) is 131 cm³/mol. The maximum absolute atomic E-state index is 6.03. The fourth-order valence-electron chi connectivity index (χ4n) is 2.81. The van der Waals surface area contributed by atoms with Crippen molar-refractivity contribution in [1.82, 2.24) is 4.98 Å². The van der Waals surface area contributed by atoms with Gasteiger partial charge in [-0.25, -0.2) is 9.98 Å². The molecule has 0 amide bonds. The average Bonchev–Trinajstić information content (AvgIpc) is 3.39. The molecule has 3 N–H and O–H groups in total. The second-order valence-corrected chi connectivity index (χ2v) is 7.18. The number of methoxy groups -OCH3 is 2. The monoisotopic (exact) mass is 536 g/mol. The molecule has 9 heteroatoms. The number of nitrogens with zero attached hydrogens (tertiary/aromatic N) is 2. The van der Waals surface area contributed by atoms with Crippen molar-refractivity contribution in [2.75, 3.05) is 19.5 Å². The van der Waals surface area contributed by atoms with Crippen molar-refractivity contribution in [3.05, 3.63) is 60.4 Å². The van der Waals surface area contributed by atoms with Crippen molar-refractivity contribution in [2.24, 2.45) is 10.7 Å². The summed E-state index contributed by atoms with van der Waals surface area (Å²) in [5.74, 6) is 2.99. The second-order valence-electron chi connectivity index (χ2n) is 6.15. The third kappa shape index (κ3) is 4.85.